The lowest BCUT2D eigenvalue weighted by atomic mass is 10.0. The summed E-state index contributed by atoms with van der Waals surface area (Å²) in [6, 6.07) is 19.7. The Morgan fingerprint density at radius 2 is 0.916 bits per heavy atom. The average Bonchev–Trinajstić information content (AvgIpc) is 1.11. The number of carbonyl (C=O) groups excluding carboxylic acids is 12. The first kappa shape index (κ1) is 72.6. The molecule has 30 heteroatoms. The van der Waals surface area contributed by atoms with E-state index in [4.69, 9.17) is 28.3 Å². The van der Waals surface area contributed by atoms with E-state index in [0.29, 0.717) is 27.8 Å². The van der Waals surface area contributed by atoms with Gasteiger partial charge in [-0.1, -0.05) is 115 Å². The molecule has 0 aromatic heterocycles. The van der Waals surface area contributed by atoms with Crippen LogP contribution in [-0.2, 0) is 89.6 Å². The molecule has 1 aliphatic heterocycles. The number of nitrogens with two attached hydrogens (primary N) is 4. The van der Waals surface area contributed by atoms with Gasteiger partial charge in [0.25, 0.3) is 0 Å². The van der Waals surface area contributed by atoms with Gasteiger partial charge in [-0.2, -0.15) is 0 Å². The van der Waals surface area contributed by atoms with Crippen molar-refractivity contribution in [2.24, 2.45) is 22.9 Å². The molecule has 10 atom stereocenters. The molecule has 1 aliphatic rings. The molecule has 22 N–H and O–H groups in total. The molecule has 1 fully saturated rings. The lowest BCUT2D eigenvalue weighted by Gasteiger charge is -2.28. The number of hydrogen-bond acceptors (Lipinski definition) is 16. The third kappa shape index (κ3) is 24.3. The second kappa shape index (κ2) is 36.0. The van der Waals surface area contributed by atoms with Crippen LogP contribution in [0.1, 0.15) is 60.4 Å². The molecular weight excluding hydrogens is 1230 g/mol. The van der Waals surface area contributed by atoms with Gasteiger partial charge in [-0.3, -0.25) is 62.9 Å². The van der Waals surface area contributed by atoms with Crippen LogP contribution in [0.25, 0.3) is 0 Å². The molecule has 0 spiro atoms. The summed E-state index contributed by atoms with van der Waals surface area (Å²) in [6.45, 7) is 0.319. The van der Waals surface area contributed by atoms with E-state index in [9.17, 15) is 67.7 Å². The van der Waals surface area contributed by atoms with E-state index >= 15 is 0 Å². The first-order valence-corrected chi connectivity index (χ1v) is 30.4. The minimum atomic E-state index is -1.97. The summed E-state index contributed by atoms with van der Waals surface area (Å²) >= 11 is 0. The van der Waals surface area contributed by atoms with E-state index in [-0.39, 0.29) is 63.0 Å². The number of guanidine groups is 1. The van der Waals surface area contributed by atoms with Gasteiger partial charge >= 0.3 is 0 Å². The second-order valence-electron chi connectivity index (χ2n) is 22.7. The van der Waals surface area contributed by atoms with Crippen molar-refractivity contribution in [1.82, 2.24) is 58.5 Å². The van der Waals surface area contributed by atoms with Gasteiger partial charge in [-0.25, -0.2) is 0 Å². The van der Waals surface area contributed by atoms with Crippen molar-refractivity contribution in [3.8, 4) is 11.5 Å². The fourth-order valence-corrected chi connectivity index (χ4v) is 9.95. The van der Waals surface area contributed by atoms with Crippen LogP contribution in [0, 0.1) is 5.41 Å². The van der Waals surface area contributed by atoms with Crippen molar-refractivity contribution >= 4 is 76.8 Å². The number of nitrogens with one attached hydrogen (secondary N) is 12. The van der Waals surface area contributed by atoms with Crippen LogP contribution in [0.15, 0.2) is 140 Å². The number of primary amides is 2. The lowest BCUT2D eigenvalue weighted by molar-refractivity contribution is -0.136. The van der Waals surface area contributed by atoms with Gasteiger partial charge in [0.1, 0.15) is 65.9 Å². The maximum Gasteiger partial charge on any atom is 0.245 e. The summed E-state index contributed by atoms with van der Waals surface area (Å²) in [5.41, 5.74) is 25.7. The molecule has 2 unspecified atom stereocenters. The fourth-order valence-electron chi connectivity index (χ4n) is 9.95. The molecule has 0 aliphatic carbocycles. The highest BCUT2D eigenvalue weighted by molar-refractivity contribution is 6.00. The Labute approximate surface area is 546 Å². The number of phenolic OH excluding ortho intramolecular Hbond substituents is 2. The highest BCUT2D eigenvalue weighted by Crippen LogP contribution is 2.15. The standard InChI is InChI=1S/C65H80N16O14/c1-36-56(87)76-47(30-37-12-5-2-6-13-37)61(92)80-51(34-54(85)74-46(55(68)86)29-41-21-25-43(83)26-22-41)58(89)72-35-52(81-57(88)44(66)28-40-19-23-42(82)24-20-40)64(95)75-45(18-11-27-71-65(69)70)59(90)77-48(31-38-14-7-3-8-15-38)62(93)78-49(32-39-16-9-4-10-17-39)63(94)79-50(33-53(67)84)60(91)73-36/h2-10,12-17,19-26,36,44-52,82-83H,11,18,27-35,66H2,1H3,(H2,67,84)(H2,68,86)(H,72,89)(H,73,91)(H,74,85)(H,75,95)(H,76,87)(H,77,90)(H,78,93)(H,79,94)(H,80,92)(H,81,88)(H4,69,70,71)/t36-,44-,45-,46-,47-,48-,49-,50-,51?,52?/m0/s1. The monoisotopic (exact) mass is 1310 g/mol. The van der Waals surface area contributed by atoms with Crippen molar-refractivity contribution < 1.29 is 67.7 Å². The molecule has 0 saturated carbocycles. The molecule has 0 bridgehead atoms. The Morgan fingerprint density at radius 3 is 1.37 bits per heavy atom. The number of benzene rings is 5. The Balaban J connectivity index is 1.46. The van der Waals surface area contributed by atoms with Crippen molar-refractivity contribution in [2.75, 3.05) is 13.1 Å². The Hall–Kier alpha value is -11.4. The number of amides is 12. The lowest BCUT2D eigenvalue weighted by Crippen LogP contribution is -2.62. The number of carbonyl (C=O) groups is 12. The normalized spacial score (nSPS) is 21.0. The van der Waals surface area contributed by atoms with E-state index in [2.05, 4.69) is 58.5 Å². The molecule has 95 heavy (non-hydrogen) atoms. The molecular formula is C65H80N16O14. The highest BCUT2D eigenvalue weighted by Gasteiger charge is 2.37. The molecule has 5 aromatic rings. The smallest absolute Gasteiger partial charge is 0.245 e. The predicted molar refractivity (Wildman–Crippen MR) is 345 cm³/mol. The molecule has 1 saturated heterocycles. The quantitative estimate of drug-likeness (QED) is 0.0181. The fraction of sp³-hybridized carbons (Fsp3) is 0.338. The summed E-state index contributed by atoms with van der Waals surface area (Å²) in [4.78, 5) is 171. The van der Waals surface area contributed by atoms with E-state index in [1.165, 1.54) is 55.5 Å². The predicted octanol–water partition coefficient (Wildman–Crippen LogP) is -3.53. The zero-order valence-electron chi connectivity index (χ0n) is 51.9. The highest BCUT2D eigenvalue weighted by atomic mass is 16.3. The molecule has 504 valence electrons. The maximum atomic E-state index is 14.9. The van der Waals surface area contributed by atoms with Gasteiger partial charge in [0, 0.05) is 38.8 Å². The molecule has 12 amide bonds. The summed E-state index contributed by atoms with van der Waals surface area (Å²) in [6.07, 6.45) is -3.15. The maximum absolute atomic E-state index is 14.9. The largest absolute Gasteiger partial charge is 0.508 e. The minimum Gasteiger partial charge on any atom is -0.508 e. The number of phenols is 2. The van der Waals surface area contributed by atoms with Gasteiger partial charge in [-0.15, -0.1) is 0 Å². The van der Waals surface area contributed by atoms with Crippen LogP contribution in [0.3, 0.4) is 0 Å². The average molecular weight is 1310 g/mol. The van der Waals surface area contributed by atoms with Gasteiger partial charge < -0.3 is 91.6 Å². The first-order valence-electron chi connectivity index (χ1n) is 30.4. The molecule has 0 radical (unpaired) electrons. The third-order valence-electron chi connectivity index (χ3n) is 15.1. The Kier molecular flexibility index (Phi) is 27.5. The number of aromatic hydroxyl groups is 2. The molecule has 1 heterocycles. The minimum absolute atomic E-state index is 0.0115. The molecule has 6 rings (SSSR count). The van der Waals surface area contributed by atoms with E-state index in [1.54, 1.807) is 91.0 Å². The van der Waals surface area contributed by atoms with E-state index < -0.39 is 157 Å². The van der Waals surface area contributed by atoms with Crippen LogP contribution in [0.5, 0.6) is 11.5 Å². The molecule has 5 aromatic carbocycles. The molecule has 30 nitrogen and oxygen atoms in total. The summed E-state index contributed by atoms with van der Waals surface area (Å²) in [5, 5.41) is 55.4. The van der Waals surface area contributed by atoms with Crippen molar-refractivity contribution in [2.45, 2.75) is 125 Å². The van der Waals surface area contributed by atoms with Crippen LogP contribution in [0.2, 0.25) is 0 Å². The van der Waals surface area contributed by atoms with E-state index in [1.807, 2.05) is 0 Å². The Morgan fingerprint density at radius 1 is 0.505 bits per heavy atom. The van der Waals surface area contributed by atoms with Gasteiger partial charge in [0.2, 0.25) is 70.9 Å². The van der Waals surface area contributed by atoms with Crippen molar-refractivity contribution in [3.63, 3.8) is 0 Å². The summed E-state index contributed by atoms with van der Waals surface area (Å²) in [5.74, 6) is -13.3. The zero-order valence-corrected chi connectivity index (χ0v) is 51.9. The Bertz CT molecular complexity index is 3520. The van der Waals surface area contributed by atoms with Crippen LogP contribution in [-0.4, -0.2) is 161 Å². The summed E-state index contributed by atoms with van der Waals surface area (Å²) in [7, 11) is 0. The number of rotatable bonds is 22. The van der Waals surface area contributed by atoms with Gasteiger partial charge in [0.05, 0.1) is 18.9 Å². The van der Waals surface area contributed by atoms with Crippen LogP contribution in [0.4, 0.5) is 0 Å². The van der Waals surface area contributed by atoms with Gasteiger partial charge in [0.15, 0.2) is 5.96 Å². The van der Waals surface area contributed by atoms with Crippen LogP contribution < -0.4 is 81.4 Å². The van der Waals surface area contributed by atoms with Crippen molar-refractivity contribution in [3.05, 3.63) is 167 Å². The van der Waals surface area contributed by atoms with Gasteiger partial charge in [-0.05, 0) is 78.3 Å². The second-order valence-corrected chi connectivity index (χ2v) is 22.7. The van der Waals surface area contributed by atoms with E-state index in [0.717, 1.165) is 0 Å². The number of hydrogen-bond donors (Lipinski definition) is 18. The SMILES string of the molecule is C[C@@H]1NC(=O)[C@H](CC(N)=O)NC(=O)[C@H](Cc2ccccc2)NC(=O)[C@H](Cc2ccccc2)NC(=O)[C@H](CCCNC(=N)N)NC(=O)C(NC(=O)[C@@H](N)Cc2ccc(O)cc2)CNC(=O)C(CC(=O)N[C@@H](Cc2ccc(O)cc2)C(N)=O)NC(=O)[C@H](Cc2ccccc2)NC1=O. The topological polar surface area (TPSA) is 506 Å². The third-order valence-corrected chi connectivity index (χ3v) is 15.1. The van der Waals surface area contributed by atoms with Crippen LogP contribution >= 0.6 is 0 Å². The summed E-state index contributed by atoms with van der Waals surface area (Å²) < 4.78 is 0. The first-order chi connectivity index (χ1) is 45.3. The van der Waals surface area contributed by atoms with Crippen molar-refractivity contribution in [1.29, 1.82) is 5.41 Å². The zero-order chi connectivity index (χ0) is 69.1.